The summed E-state index contributed by atoms with van der Waals surface area (Å²) >= 11 is 1.49. The van der Waals surface area contributed by atoms with Gasteiger partial charge in [0.2, 0.25) is 0 Å². The van der Waals surface area contributed by atoms with Gasteiger partial charge in [0.25, 0.3) is 0 Å². The van der Waals surface area contributed by atoms with Gasteiger partial charge in [0, 0.05) is 19.3 Å². The Balaban J connectivity index is 1.17. The molecular weight excluding hydrogens is 424 g/mol. The van der Waals surface area contributed by atoms with Crippen molar-refractivity contribution in [1.29, 1.82) is 0 Å². The predicted octanol–water partition coefficient (Wildman–Crippen LogP) is 5.54. The van der Waals surface area contributed by atoms with Crippen LogP contribution in [0.3, 0.4) is 0 Å². The molecule has 1 aromatic heterocycles. The van der Waals surface area contributed by atoms with E-state index in [2.05, 4.69) is 4.98 Å². The molecule has 168 valence electrons. The van der Waals surface area contributed by atoms with Gasteiger partial charge in [-0.05, 0) is 42.9 Å². The molecule has 6 nitrogen and oxygen atoms in total. The highest BCUT2D eigenvalue weighted by molar-refractivity contribution is 7.09. The Bertz CT molecular complexity index is 957. The highest BCUT2D eigenvalue weighted by atomic mass is 32.1. The molecule has 7 heteroatoms. The van der Waals surface area contributed by atoms with Crippen molar-refractivity contribution in [1.82, 2.24) is 9.88 Å². The number of aromatic nitrogens is 1. The lowest BCUT2D eigenvalue weighted by Gasteiger charge is -2.31. The van der Waals surface area contributed by atoms with Gasteiger partial charge in [-0.25, -0.2) is 4.79 Å². The van der Waals surface area contributed by atoms with E-state index in [-0.39, 0.29) is 6.09 Å². The molecule has 1 saturated heterocycles. The Morgan fingerprint density at radius 3 is 2.41 bits per heavy atom. The van der Waals surface area contributed by atoms with Crippen LogP contribution in [-0.2, 0) is 18.0 Å². The van der Waals surface area contributed by atoms with E-state index in [0.29, 0.717) is 25.7 Å². The molecule has 0 radical (unpaired) electrons. The first-order valence-corrected chi connectivity index (χ1v) is 11.8. The van der Waals surface area contributed by atoms with Crippen molar-refractivity contribution in [3.8, 4) is 11.5 Å². The number of thiazole rings is 1. The molecule has 0 N–H and O–H groups in total. The van der Waals surface area contributed by atoms with Crippen LogP contribution in [0, 0.1) is 5.92 Å². The molecule has 1 aliphatic heterocycles. The Labute approximate surface area is 192 Å². The first kappa shape index (κ1) is 22.1. The summed E-state index contributed by atoms with van der Waals surface area (Å²) in [6.45, 7) is 2.89. The second kappa shape index (κ2) is 11.5. The standard InChI is InChI=1S/C25H28N2O4S/c28-25(31-18-22-16-26-19-32-22)27-13-10-20(11-14-27)12-15-29-23-8-4-5-9-24(23)30-17-21-6-2-1-3-7-21/h1-9,16,19-20H,10-15,17-18H2. The van der Waals surface area contributed by atoms with E-state index in [0.717, 1.165) is 54.3 Å². The predicted molar refractivity (Wildman–Crippen MR) is 124 cm³/mol. The summed E-state index contributed by atoms with van der Waals surface area (Å²) in [5, 5.41) is 0. The zero-order valence-electron chi connectivity index (χ0n) is 18.0. The van der Waals surface area contributed by atoms with Crippen LogP contribution >= 0.6 is 11.3 Å². The number of ether oxygens (including phenoxy) is 3. The largest absolute Gasteiger partial charge is 0.490 e. The molecule has 0 aliphatic carbocycles. The highest BCUT2D eigenvalue weighted by Gasteiger charge is 2.24. The second-order valence-corrected chi connectivity index (χ2v) is 8.78. The maximum atomic E-state index is 12.2. The van der Waals surface area contributed by atoms with E-state index in [9.17, 15) is 4.79 Å². The second-order valence-electron chi connectivity index (χ2n) is 7.81. The lowest BCUT2D eigenvalue weighted by molar-refractivity contribution is 0.0806. The first-order valence-electron chi connectivity index (χ1n) is 11.0. The van der Waals surface area contributed by atoms with Crippen molar-refractivity contribution in [3.05, 3.63) is 76.7 Å². The van der Waals surface area contributed by atoms with Crippen molar-refractivity contribution < 1.29 is 19.0 Å². The number of nitrogens with zero attached hydrogens (tertiary/aromatic N) is 2. The third-order valence-corrected chi connectivity index (χ3v) is 6.32. The first-order chi connectivity index (χ1) is 15.8. The summed E-state index contributed by atoms with van der Waals surface area (Å²) in [7, 11) is 0. The molecule has 0 unspecified atom stereocenters. The van der Waals surface area contributed by atoms with Crippen molar-refractivity contribution in [2.24, 2.45) is 5.92 Å². The molecule has 3 aromatic rings. The number of hydrogen-bond acceptors (Lipinski definition) is 6. The van der Waals surface area contributed by atoms with Crippen molar-refractivity contribution in [3.63, 3.8) is 0 Å². The summed E-state index contributed by atoms with van der Waals surface area (Å²) in [4.78, 5) is 19.0. The van der Waals surface area contributed by atoms with Gasteiger partial charge >= 0.3 is 6.09 Å². The van der Waals surface area contributed by atoms with E-state index in [1.54, 1.807) is 16.6 Å². The van der Waals surface area contributed by atoms with Crippen LogP contribution in [0.5, 0.6) is 11.5 Å². The monoisotopic (exact) mass is 452 g/mol. The average molecular weight is 453 g/mol. The van der Waals surface area contributed by atoms with Gasteiger partial charge in [0.1, 0.15) is 13.2 Å². The lowest BCUT2D eigenvalue weighted by atomic mass is 9.94. The van der Waals surface area contributed by atoms with Crippen LogP contribution in [0.25, 0.3) is 0 Å². The smallest absolute Gasteiger partial charge is 0.410 e. The summed E-state index contributed by atoms with van der Waals surface area (Å²) in [5.41, 5.74) is 2.87. The normalized spacial score (nSPS) is 14.2. The fourth-order valence-electron chi connectivity index (χ4n) is 3.70. The summed E-state index contributed by atoms with van der Waals surface area (Å²) in [5.74, 6) is 2.07. The topological polar surface area (TPSA) is 60.9 Å². The van der Waals surface area contributed by atoms with Gasteiger partial charge in [0.05, 0.1) is 17.0 Å². The van der Waals surface area contributed by atoms with Crippen LogP contribution in [0.2, 0.25) is 0 Å². The number of carbonyl (C=O) groups is 1. The SMILES string of the molecule is O=C(OCc1cncs1)N1CCC(CCOc2ccccc2OCc2ccccc2)CC1. The summed E-state index contributed by atoms with van der Waals surface area (Å²) in [6.07, 6.45) is 4.37. The highest BCUT2D eigenvalue weighted by Crippen LogP contribution is 2.28. The summed E-state index contributed by atoms with van der Waals surface area (Å²) in [6, 6.07) is 17.9. The number of rotatable bonds is 9. The van der Waals surface area contributed by atoms with E-state index in [1.165, 1.54) is 11.3 Å². The molecule has 1 amide bonds. The zero-order chi connectivity index (χ0) is 22.0. The molecule has 0 spiro atoms. The van der Waals surface area contributed by atoms with Crippen LogP contribution in [0.15, 0.2) is 66.3 Å². The number of hydrogen-bond donors (Lipinski definition) is 0. The molecule has 0 atom stereocenters. The van der Waals surface area contributed by atoms with E-state index < -0.39 is 0 Å². The van der Waals surface area contributed by atoms with E-state index in [4.69, 9.17) is 14.2 Å². The molecule has 2 aromatic carbocycles. The number of para-hydroxylation sites is 2. The van der Waals surface area contributed by atoms with Gasteiger partial charge in [-0.1, -0.05) is 42.5 Å². The minimum Gasteiger partial charge on any atom is -0.490 e. The molecule has 2 heterocycles. The van der Waals surface area contributed by atoms with Gasteiger partial charge in [-0.2, -0.15) is 0 Å². The minimum absolute atomic E-state index is 0.238. The van der Waals surface area contributed by atoms with Crippen LogP contribution in [0.1, 0.15) is 29.7 Å². The van der Waals surface area contributed by atoms with Gasteiger partial charge in [-0.3, -0.25) is 4.98 Å². The maximum Gasteiger partial charge on any atom is 0.410 e. The third-order valence-electron chi connectivity index (χ3n) is 5.56. The maximum absolute atomic E-state index is 12.2. The van der Waals surface area contributed by atoms with Crippen LogP contribution in [0.4, 0.5) is 4.79 Å². The number of carbonyl (C=O) groups excluding carboxylic acids is 1. The number of likely N-dealkylation sites (tertiary alicyclic amines) is 1. The fraction of sp³-hybridized carbons (Fsp3) is 0.360. The van der Waals surface area contributed by atoms with Crippen molar-refractivity contribution >= 4 is 17.4 Å². The number of benzene rings is 2. The molecular formula is C25H28N2O4S. The van der Waals surface area contributed by atoms with Gasteiger partial charge < -0.3 is 19.1 Å². The molecule has 0 bridgehead atoms. The van der Waals surface area contributed by atoms with Crippen molar-refractivity contribution in [2.75, 3.05) is 19.7 Å². The van der Waals surface area contributed by atoms with Crippen LogP contribution in [-0.4, -0.2) is 35.7 Å². The third kappa shape index (κ3) is 6.47. The van der Waals surface area contributed by atoms with Gasteiger partial charge in [-0.15, -0.1) is 11.3 Å². The number of piperidine rings is 1. The average Bonchev–Trinajstić information content (AvgIpc) is 3.37. The van der Waals surface area contributed by atoms with E-state index >= 15 is 0 Å². The molecule has 1 fully saturated rings. The molecule has 1 aliphatic rings. The Hall–Kier alpha value is -3.06. The van der Waals surface area contributed by atoms with Gasteiger partial charge in [0.15, 0.2) is 11.5 Å². The minimum atomic E-state index is -0.238. The zero-order valence-corrected chi connectivity index (χ0v) is 18.8. The molecule has 0 saturated carbocycles. The quantitative estimate of drug-likeness (QED) is 0.427. The Morgan fingerprint density at radius 1 is 0.969 bits per heavy atom. The molecule has 32 heavy (non-hydrogen) atoms. The Morgan fingerprint density at radius 2 is 1.69 bits per heavy atom. The van der Waals surface area contributed by atoms with E-state index in [1.807, 2.05) is 54.6 Å². The van der Waals surface area contributed by atoms with Crippen molar-refractivity contribution in [2.45, 2.75) is 32.5 Å². The number of amides is 1. The fourth-order valence-corrected chi connectivity index (χ4v) is 4.21. The molecule has 4 rings (SSSR count). The Kier molecular flexibility index (Phi) is 7.98. The lowest BCUT2D eigenvalue weighted by Crippen LogP contribution is -2.39. The summed E-state index contributed by atoms with van der Waals surface area (Å²) < 4.78 is 17.4. The van der Waals surface area contributed by atoms with Crippen LogP contribution < -0.4 is 9.47 Å².